The molecule has 5 aromatic rings. The van der Waals surface area contributed by atoms with Crippen LogP contribution in [0.1, 0.15) is 24.3 Å². The van der Waals surface area contributed by atoms with Gasteiger partial charge in [0.15, 0.2) is 11.7 Å². The highest BCUT2D eigenvalue weighted by Crippen LogP contribution is 2.33. The third kappa shape index (κ3) is 3.79. The summed E-state index contributed by atoms with van der Waals surface area (Å²) in [5.74, 6) is 1.67. The predicted octanol–water partition coefficient (Wildman–Crippen LogP) is 7.06. The van der Waals surface area contributed by atoms with Gasteiger partial charge < -0.3 is 9.40 Å². The molecule has 3 aromatic carbocycles. The number of oxazole rings is 1. The summed E-state index contributed by atoms with van der Waals surface area (Å²) in [6.45, 7) is 0. The van der Waals surface area contributed by atoms with Crippen LogP contribution in [0.3, 0.4) is 0 Å². The van der Waals surface area contributed by atoms with Crippen molar-refractivity contribution >= 4 is 10.9 Å². The summed E-state index contributed by atoms with van der Waals surface area (Å²) < 4.78 is 6.25. The zero-order chi connectivity index (χ0) is 20.2. The molecule has 3 nitrogen and oxygen atoms in total. The normalized spacial score (nSPS) is 11.2. The second-order valence-electron chi connectivity index (χ2n) is 7.58. The van der Waals surface area contributed by atoms with Crippen molar-refractivity contribution in [1.29, 1.82) is 0 Å². The number of hydrogen-bond acceptors (Lipinski definition) is 2. The molecule has 2 heterocycles. The summed E-state index contributed by atoms with van der Waals surface area (Å²) >= 11 is 0. The molecule has 3 heteroatoms. The van der Waals surface area contributed by atoms with Crippen molar-refractivity contribution in [2.45, 2.75) is 25.7 Å². The highest BCUT2D eigenvalue weighted by molar-refractivity contribution is 5.83. The van der Waals surface area contributed by atoms with Gasteiger partial charge in [-0.3, -0.25) is 0 Å². The van der Waals surface area contributed by atoms with Crippen molar-refractivity contribution in [1.82, 2.24) is 9.97 Å². The van der Waals surface area contributed by atoms with E-state index in [9.17, 15) is 0 Å². The Labute approximate surface area is 176 Å². The van der Waals surface area contributed by atoms with E-state index in [0.29, 0.717) is 0 Å². The van der Waals surface area contributed by atoms with Gasteiger partial charge >= 0.3 is 0 Å². The first kappa shape index (κ1) is 18.4. The number of rotatable bonds is 7. The number of fused-ring (bicyclic) bond motifs is 1. The number of benzene rings is 3. The molecule has 0 bridgehead atoms. The SMILES string of the molecule is c1ccc(-c2nc(CCCCc3c[nH]c4ccccc34)oc2-c2ccccc2)cc1. The highest BCUT2D eigenvalue weighted by atomic mass is 16.4. The Bertz CT molecular complexity index is 1180. The Morgan fingerprint density at radius 2 is 1.37 bits per heavy atom. The van der Waals surface area contributed by atoms with E-state index in [0.717, 1.165) is 54.2 Å². The minimum atomic E-state index is 0.812. The summed E-state index contributed by atoms with van der Waals surface area (Å²) in [6.07, 6.45) is 6.18. The molecule has 0 radical (unpaired) electrons. The monoisotopic (exact) mass is 392 g/mol. The van der Waals surface area contributed by atoms with Crippen LogP contribution in [0, 0.1) is 0 Å². The maximum absolute atomic E-state index is 6.25. The number of H-pyrrole nitrogens is 1. The first-order valence-electron chi connectivity index (χ1n) is 10.5. The smallest absolute Gasteiger partial charge is 0.195 e. The predicted molar refractivity (Wildman–Crippen MR) is 122 cm³/mol. The van der Waals surface area contributed by atoms with E-state index < -0.39 is 0 Å². The molecule has 0 atom stereocenters. The molecule has 0 amide bonds. The number of nitrogens with zero attached hydrogens (tertiary/aromatic N) is 1. The van der Waals surface area contributed by atoms with Crippen LogP contribution in [0.15, 0.2) is 95.5 Å². The van der Waals surface area contributed by atoms with Gasteiger partial charge in [0, 0.05) is 34.6 Å². The third-order valence-corrected chi connectivity index (χ3v) is 5.52. The van der Waals surface area contributed by atoms with Crippen molar-refractivity contribution < 1.29 is 4.42 Å². The van der Waals surface area contributed by atoms with Gasteiger partial charge in [0.1, 0.15) is 5.69 Å². The molecule has 2 aromatic heterocycles. The van der Waals surface area contributed by atoms with Crippen LogP contribution >= 0.6 is 0 Å². The van der Waals surface area contributed by atoms with E-state index >= 15 is 0 Å². The van der Waals surface area contributed by atoms with Gasteiger partial charge in [-0.1, -0.05) is 78.9 Å². The average Bonchev–Trinajstić information content (AvgIpc) is 3.43. The number of aromatic amines is 1. The van der Waals surface area contributed by atoms with E-state index in [1.54, 1.807) is 0 Å². The van der Waals surface area contributed by atoms with Crippen LogP contribution in [0.25, 0.3) is 33.5 Å². The van der Waals surface area contributed by atoms with E-state index in [1.807, 2.05) is 36.4 Å². The fourth-order valence-corrected chi connectivity index (χ4v) is 3.98. The largest absolute Gasteiger partial charge is 0.440 e. The average molecular weight is 393 g/mol. The third-order valence-electron chi connectivity index (χ3n) is 5.52. The lowest BCUT2D eigenvalue weighted by atomic mass is 10.1. The molecule has 1 N–H and O–H groups in total. The standard InChI is InChI=1S/C27H24N2O/c1-3-11-20(12-4-1)26-27(21-13-5-2-6-14-21)30-25(29-26)18-10-7-15-22-19-28-24-17-9-8-16-23(22)24/h1-6,8-9,11-14,16-17,19,28H,7,10,15,18H2. The number of unbranched alkanes of at least 4 members (excludes halogenated alkanes) is 1. The second-order valence-corrected chi connectivity index (χ2v) is 7.58. The summed E-state index contributed by atoms with van der Waals surface area (Å²) in [7, 11) is 0. The van der Waals surface area contributed by atoms with Crippen molar-refractivity contribution in [3.8, 4) is 22.6 Å². The molecule has 0 spiro atoms. The van der Waals surface area contributed by atoms with Gasteiger partial charge in [-0.05, 0) is 30.9 Å². The molecular formula is C27H24N2O. The molecule has 0 aliphatic heterocycles. The number of para-hydroxylation sites is 1. The molecule has 0 unspecified atom stereocenters. The van der Waals surface area contributed by atoms with Crippen LogP contribution < -0.4 is 0 Å². The maximum atomic E-state index is 6.25. The van der Waals surface area contributed by atoms with E-state index in [1.165, 1.54) is 16.5 Å². The summed E-state index contributed by atoms with van der Waals surface area (Å²) in [4.78, 5) is 8.23. The lowest BCUT2D eigenvalue weighted by Gasteiger charge is -2.01. The van der Waals surface area contributed by atoms with Crippen molar-refractivity contribution in [2.24, 2.45) is 0 Å². The first-order valence-corrected chi connectivity index (χ1v) is 10.5. The second kappa shape index (κ2) is 8.42. The van der Waals surface area contributed by atoms with Crippen LogP contribution in [0.4, 0.5) is 0 Å². The van der Waals surface area contributed by atoms with Crippen LogP contribution in [0.5, 0.6) is 0 Å². The Morgan fingerprint density at radius 1 is 0.700 bits per heavy atom. The summed E-state index contributed by atoms with van der Waals surface area (Å²) in [5.41, 5.74) is 5.67. The van der Waals surface area contributed by atoms with Crippen molar-refractivity contribution in [3.63, 3.8) is 0 Å². The Kier molecular flexibility index (Phi) is 5.17. The number of aryl methyl sites for hydroxylation is 2. The Balaban J connectivity index is 1.32. The lowest BCUT2D eigenvalue weighted by molar-refractivity contribution is 0.494. The summed E-state index contributed by atoms with van der Waals surface area (Å²) in [5, 5.41) is 1.33. The Hall–Kier alpha value is -3.59. The minimum Gasteiger partial charge on any atom is -0.440 e. The number of nitrogens with one attached hydrogen (secondary N) is 1. The highest BCUT2D eigenvalue weighted by Gasteiger charge is 2.16. The number of hydrogen-bond donors (Lipinski definition) is 1. The lowest BCUT2D eigenvalue weighted by Crippen LogP contribution is -1.89. The molecule has 0 fully saturated rings. The van der Waals surface area contributed by atoms with E-state index in [4.69, 9.17) is 9.40 Å². The molecule has 30 heavy (non-hydrogen) atoms. The van der Waals surface area contributed by atoms with Crippen LogP contribution in [-0.4, -0.2) is 9.97 Å². The fourth-order valence-electron chi connectivity index (χ4n) is 3.98. The van der Waals surface area contributed by atoms with Crippen LogP contribution in [0.2, 0.25) is 0 Å². The van der Waals surface area contributed by atoms with Crippen LogP contribution in [-0.2, 0) is 12.8 Å². The minimum absolute atomic E-state index is 0.812. The molecule has 0 aliphatic carbocycles. The zero-order valence-electron chi connectivity index (χ0n) is 16.8. The Morgan fingerprint density at radius 3 is 2.17 bits per heavy atom. The molecule has 0 saturated heterocycles. The molecular weight excluding hydrogens is 368 g/mol. The molecule has 0 saturated carbocycles. The molecule has 5 rings (SSSR count). The quantitative estimate of drug-likeness (QED) is 0.301. The first-order chi connectivity index (χ1) is 14.9. The summed E-state index contributed by atoms with van der Waals surface area (Å²) in [6, 6.07) is 29.0. The number of aromatic nitrogens is 2. The van der Waals surface area contributed by atoms with Gasteiger partial charge in [0.25, 0.3) is 0 Å². The van der Waals surface area contributed by atoms with Crippen molar-refractivity contribution in [2.75, 3.05) is 0 Å². The van der Waals surface area contributed by atoms with E-state index in [2.05, 4.69) is 59.7 Å². The molecule has 0 aliphatic rings. The van der Waals surface area contributed by atoms with Gasteiger partial charge in [0.2, 0.25) is 0 Å². The van der Waals surface area contributed by atoms with Crippen molar-refractivity contribution in [3.05, 3.63) is 103 Å². The van der Waals surface area contributed by atoms with Gasteiger partial charge in [0.05, 0.1) is 0 Å². The fraction of sp³-hybridized carbons (Fsp3) is 0.148. The molecule has 148 valence electrons. The zero-order valence-corrected chi connectivity index (χ0v) is 16.8. The topological polar surface area (TPSA) is 41.8 Å². The van der Waals surface area contributed by atoms with E-state index in [-0.39, 0.29) is 0 Å². The van der Waals surface area contributed by atoms with Gasteiger partial charge in [-0.25, -0.2) is 4.98 Å². The van der Waals surface area contributed by atoms with Gasteiger partial charge in [-0.15, -0.1) is 0 Å². The maximum Gasteiger partial charge on any atom is 0.195 e. The van der Waals surface area contributed by atoms with Gasteiger partial charge in [-0.2, -0.15) is 0 Å².